The lowest BCUT2D eigenvalue weighted by Gasteiger charge is -1.93. The van der Waals surface area contributed by atoms with Gasteiger partial charge in [0.05, 0.1) is 0 Å². The summed E-state index contributed by atoms with van der Waals surface area (Å²) in [6.45, 7) is 2.14. The molecule has 2 aromatic rings. The van der Waals surface area contributed by atoms with E-state index in [0.717, 1.165) is 17.0 Å². The molecule has 1 N–H and O–H groups in total. The first-order chi connectivity index (χ1) is 5.81. The van der Waals surface area contributed by atoms with Crippen LogP contribution in [-0.4, -0.2) is 4.98 Å². The maximum Gasteiger partial charge on any atom is 0.0457 e. The van der Waals surface area contributed by atoms with Crippen LogP contribution < -0.4 is 0 Å². The Balaban J connectivity index is 2.75. The molecule has 0 spiro atoms. The van der Waals surface area contributed by atoms with E-state index in [0.29, 0.717) is 0 Å². The first-order valence-corrected chi connectivity index (χ1v) is 4.44. The lowest BCUT2D eigenvalue weighted by molar-refractivity contribution is 1.15. The summed E-state index contributed by atoms with van der Waals surface area (Å²) in [6.07, 6.45) is 3.08. The Labute approximate surface area is 76.4 Å². The first-order valence-electron chi connectivity index (χ1n) is 4.07. The predicted molar refractivity (Wildman–Crippen MR) is 52.7 cm³/mol. The summed E-state index contributed by atoms with van der Waals surface area (Å²) in [5.74, 6) is 0. The van der Waals surface area contributed by atoms with E-state index < -0.39 is 0 Å². The van der Waals surface area contributed by atoms with Crippen molar-refractivity contribution in [1.29, 1.82) is 0 Å². The summed E-state index contributed by atoms with van der Waals surface area (Å²) in [7, 11) is 0. The van der Waals surface area contributed by atoms with Crippen molar-refractivity contribution in [3.63, 3.8) is 0 Å². The van der Waals surface area contributed by atoms with Gasteiger partial charge in [0.2, 0.25) is 0 Å². The van der Waals surface area contributed by atoms with E-state index in [1.54, 1.807) is 0 Å². The van der Waals surface area contributed by atoms with Crippen molar-refractivity contribution in [3.8, 4) is 0 Å². The monoisotopic (exact) mass is 179 g/mol. The molecule has 0 aliphatic carbocycles. The molecule has 2 heteroatoms. The van der Waals surface area contributed by atoms with Crippen molar-refractivity contribution in [1.82, 2.24) is 4.98 Å². The van der Waals surface area contributed by atoms with E-state index in [9.17, 15) is 0 Å². The molecule has 0 aliphatic heterocycles. The van der Waals surface area contributed by atoms with E-state index in [1.165, 1.54) is 10.9 Å². The zero-order chi connectivity index (χ0) is 8.55. The smallest absolute Gasteiger partial charge is 0.0457 e. The first kappa shape index (κ1) is 7.69. The average Bonchev–Trinajstić information content (AvgIpc) is 2.46. The van der Waals surface area contributed by atoms with Crippen LogP contribution in [0.3, 0.4) is 0 Å². The van der Waals surface area contributed by atoms with Gasteiger partial charge in [-0.3, -0.25) is 0 Å². The molecule has 12 heavy (non-hydrogen) atoms. The topological polar surface area (TPSA) is 15.8 Å². The fourth-order valence-corrected chi connectivity index (χ4v) is 1.62. The Bertz CT molecular complexity index is 403. The number of nitrogens with one attached hydrogen (secondary N) is 1. The quantitative estimate of drug-likeness (QED) is 0.691. The standard InChI is InChI=1S/C10H10ClN/c1-2-7-6-12-10-4-3-8(11)5-9(7)10/h3-6,12H,2H2,1H3. The average molecular weight is 180 g/mol. The van der Waals surface area contributed by atoms with Crippen LogP contribution in [0, 0.1) is 0 Å². The number of benzene rings is 1. The summed E-state index contributed by atoms with van der Waals surface area (Å²) >= 11 is 5.89. The second-order valence-electron chi connectivity index (χ2n) is 2.86. The second-order valence-corrected chi connectivity index (χ2v) is 3.29. The molecular formula is C10H10ClN. The third-order valence-corrected chi connectivity index (χ3v) is 2.35. The number of aryl methyl sites for hydroxylation is 1. The third-order valence-electron chi connectivity index (χ3n) is 2.11. The highest BCUT2D eigenvalue weighted by atomic mass is 35.5. The lowest BCUT2D eigenvalue weighted by Crippen LogP contribution is -1.74. The molecule has 0 fully saturated rings. The minimum atomic E-state index is 0.803. The van der Waals surface area contributed by atoms with Crippen molar-refractivity contribution in [2.45, 2.75) is 13.3 Å². The largest absolute Gasteiger partial charge is 0.361 e. The van der Waals surface area contributed by atoms with Crippen molar-refractivity contribution in [2.24, 2.45) is 0 Å². The summed E-state index contributed by atoms with van der Waals surface area (Å²) in [4.78, 5) is 3.21. The van der Waals surface area contributed by atoms with Gasteiger partial charge in [0.15, 0.2) is 0 Å². The van der Waals surface area contributed by atoms with Gasteiger partial charge >= 0.3 is 0 Å². The highest BCUT2D eigenvalue weighted by Crippen LogP contribution is 2.22. The number of aromatic nitrogens is 1. The number of fused-ring (bicyclic) bond motifs is 1. The lowest BCUT2D eigenvalue weighted by atomic mass is 10.1. The minimum absolute atomic E-state index is 0.803. The Morgan fingerprint density at radius 3 is 3.00 bits per heavy atom. The molecule has 0 unspecified atom stereocenters. The van der Waals surface area contributed by atoms with Gasteiger partial charge in [-0.15, -0.1) is 0 Å². The van der Waals surface area contributed by atoms with Crippen LogP contribution in [0.5, 0.6) is 0 Å². The molecular weight excluding hydrogens is 170 g/mol. The van der Waals surface area contributed by atoms with Gasteiger partial charge < -0.3 is 4.98 Å². The Hall–Kier alpha value is -0.950. The number of H-pyrrole nitrogens is 1. The molecule has 1 aromatic heterocycles. The fourth-order valence-electron chi connectivity index (χ4n) is 1.44. The molecule has 0 amide bonds. The number of hydrogen-bond acceptors (Lipinski definition) is 0. The van der Waals surface area contributed by atoms with Crippen molar-refractivity contribution >= 4 is 22.5 Å². The van der Waals surface area contributed by atoms with Crippen LogP contribution in [0.1, 0.15) is 12.5 Å². The van der Waals surface area contributed by atoms with Gasteiger partial charge in [-0.05, 0) is 30.2 Å². The molecule has 1 heterocycles. The summed E-state index contributed by atoms with van der Waals surface area (Å²) in [5.41, 5.74) is 2.49. The van der Waals surface area contributed by atoms with E-state index in [-0.39, 0.29) is 0 Å². The van der Waals surface area contributed by atoms with Gasteiger partial charge in [-0.1, -0.05) is 18.5 Å². The van der Waals surface area contributed by atoms with Crippen LogP contribution in [0.15, 0.2) is 24.4 Å². The molecule has 1 nitrogen and oxygen atoms in total. The normalized spacial score (nSPS) is 10.8. The van der Waals surface area contributed by atoms with E-state index in [1.807, 2.05) is 24.4 Å². The van der Waals surface area contributed by atoms with Crippen LogP contribution in [-0.2, 0) is 6.42 Å². The number of halogens is 1. The molecule has 2 rings (SSSR count). The Morgan fingerprint density at radius 2 is 2.25 bits per heavy atom. The maximum absolute atomic E-state index is 5.89. The number of aromatic amines is 1. The molecule has 1 aromatic carbocycles. The van der Waals surface area contributed by atoms with Gasteiger partial charge in [-0.25, -0.2) is 0 Å². The van der Waals surface area contributed by atoms with Crippen LogP contribution in [0.25, 0.3) is 10.9 Å². The molecule has 0 atom stereocenters. The molecule has 0 saturated carbocycles. The van der Waals surface area contributed by atoms with Crippen LogP contribution >= 0.6 is 11.6 Å². The van der Waals surface area contributed by atoms with Gasteiger partial charge in [0.25, 0.3) is 0 Å². The van der Waals surface area contributed by atoms with Crippen molar-refractivity contribution < 1.29 is 0 Å². The van der Waals surface area contributed by atoms with Crippen LogP contribution in [0.2, 0.25) is 5.02 Å². The highest BCUT2D eigenvalue weighted by molar-refractivity contribution is 6.31. The van der Waals surface area contributed by atoms with Gasteiger partial charge in [0, 0.05) is 22.1 Å². The van der Waals surface area contributed by atoms with E-state index in [2.05, 4.69) is 11.9 Å². The van der Waals surface area contributed by atoms with E-state index in [4.69, 9.17) is 11.6 Å². The summed E-state index contributed by atoms with van der Waals surface area (Å²) in [6, 6.07) is 5.92. The fraction of sp³-hybridized carbons (Fsp3) is 0.200. The predicted octanol–water partition coefficient (Wildman–Crippen LogP) is 3.38. The third kappa shape index (κ3) is 1.10. The van der Waals surface area contributed by atoms with E-state index >= 15 is 0 Å². The molecule has 0 saturated heterocycles. The maximum atomic E-state index is 5.89. The SMILES string of the molecule is CCc1c[nH]c2ccc(Cl)cc12. The number of hydrogen-bond donors (Lipinski definition) is 1. The molecule has 0 radical (unpaired) electrons. The van der Waals surface area contributed by atoms with Gasteiger partial charge in [0.1, 0.15) is 0 Å². The minimum Gasteiger partial charge on any atom is -0.361 e. The molecule has 0 bridgehead atoms. The number of rotatable bonds is 1. The highest BCUT2D eigenvalue weighted by Gasteiger charge is 2.00. The molecule has 62 valence electrons. The van der Waals surface area contributed by atoms with Crippen LogP contribution in [0.4, 0.5) is 0 Å². The van der Waals surface area contributed by atoms with Gasteiger partial charge in [-0.2, -0.15) is 0 Å². The Kier molecular flexibility index (Phi) is 1.81. The molecule has 0 aliphatic rings. The van der Waals surface area contributed by atoms with Crippen molar-refractivity contribution in [3.05, 3.63) is 35.0 Å². The zero-order valence-electron chi connectivity index (χ0n) is 6.89. The zero-order valence-corrected chi connectivity index (χ0v) is 7.65. The summed E-state index contributed by atoms with van der Waals surface area (Å²) < 4.78 is 0. The Morgan fingerprint density at radius 1 is 1.42 bits per heavy atom. The second kappa shape index (κ2) is 2.83. The van der Waals surface area contributed by atoms with Crippen molar-refractivity contribution in [2.75, 3.05) is 0 Å². The summed E-state index contributed by atoms with van der Waals surface area (Å²) in [5, 5.41) is 2.04.